The minimum absolute atomic E-state index is 0.0190. The molecule has 2 aliphatic rings. The molecule has 1 aliphatic heterocycles. The number of benzene rings is 1. The summed E-state index contributed by atoms with van der Waals surface area (Å²) in [5.41, 5.74) is 13.8. The molecule has 0 amide bonds. The molecule has 1 aromatic heterocycles. The Morgan fingerprint density at radius 2 is 2.08 bits per heavy atom. The molecule has 0 radical (unpaired) electrons. The Kier molecular flexibility index (Phi) is 3.77. The Morgan fingerprint density at radius 3 is 2.73 bits per heavy atom. The number of fused-ring (bicyclic) bond motifs is 1. The van der Waals surface area contributed by atoms with Crippen molar-refractivity contribution in [3.8, 4) is 17.2 Å². The van der Waals surface area contributed by atoms with E-state index in [9.17, 15) is 0 Å². The second-order valence-corrected chi connectivity index (χ2v) is 6.51. The van der Waals surface area contributed by atoms with Crippen LogP contribution in [0.2, 0.25) is 0 Å². The maximum Gasteiger partial charge on any atom is 0.221 e. The molecule has 1 fully saturated rings. The highest BCUT2D eigenvalue weighted by molar-refractivity contribution is 5.72. The zero-order valence-corrected chi connectivity index (χ0v) is 14.8. The first-order chi connectivity index (χ1) is 13.0. The number of hydrogen-bond acceptors (Lipinski definition) is 7. The van der Waals surface area contributed by atoms with Crippen LogP contribution in [0.15, 0.2) is 18.3 Å². The van der Waals surface area contributed by atoms with E-state index < -0.39 is 0 Å². The number of nitrogen functional groups attached to an aromatic ring is 2. The largest absolute Gasteiger partial charge is 0.493 e. The maximum atomic E-state index is 8.64. The van der Waals surface area contributed by atoms with Gasteiger partial charge >= 0.3 is 0 Å². The van der Waals surface area contributed by atoms with Gasteiger partial charge in [-0.05, 0) is 36.4 Å². The van der Waals surface area contributed by atoms with E-state index in [0.717, 1.165) is 18.4 Å². The molecule has 26 heavy (non-hydrogen) atoms. The quantitative estimate of drug-likeness (QED) is 0.848. The first kappa shape index (κ1) is 15.3. The first-order valence-electron chi connectivity index (χ1n) is 9.02. The summed E-state index contributed by atoms with van der Waals surface area (Å²) in [6.45, 7) is 0. The molecule has 7 heteroatoms. The Morgan fingerprint density at radius 1 is 1.27 bits per heavy atom. The maximum absolute atomic E-state index is 8.64. The smallest absolute Gasteiger partial charge is 0.221 e. The van der Waals surface area contributed by atoms with E-state index >= 15 is 0 Å². The SMILES string of the molecule is [2H]c1c(Cc2cnc(N)nc2N)c2c(c(OC)c1OC)OC(C1CC1)C=C2. The van der Waals surface area contributed by atoms with E-state index in [1.54, 1.807) is 13.3 Å². The van der Waals surface area contributed by atoms with E-state index in [-0.39, 0.29) is 18.1 Å². The van der Waals surface area contributed by atoms with E-state index in [0.29, 0.717) is 46.5 Å². The fourth-order valence-corrected chi connectivity index (χ4v) is 3.19. The van der Waals surface area contributed by atoms with Crippen LogP contribution in [0.1, 0.15) is 30.9 Å². The number of anilines is 2. The molecule has 1 aromatic carbocycles. The molecule has 0 saturated heterocycles. The van der Waals surface area contributed by atoms with Gasteiger partial charge in [0.15, 0.2) is 11.5 Å². The van der Waals surface area contributed by atoms with Gasteiger partial charge in [-0.1, -0.05) is 6.08 Å². The summed E-state index contributed by atoms with van der Waals surface area (Å²) >= 11 is 0. The third-order valence-corrected chi connectivity index (χ3v) is 4.73. The molecule has 7 nitrogen and oxygen atoms in total. The number of nitrogens with zero attached hydrogens (tertiary/aromatic N) is 2. The van der Waals surface area contributed by atoms with Crippen molar-refractivity contribution in [2.75, 3.05) is 25.7 Å². The van der Waals surface area contributed by atoms with Crippen LogP contribution >= 0.6 is 0 Å². The molecule has 0 bridgehead atoms. The average molecular weight is 355 g/mol. The van der Waals surface area contributed by atoms with Crippen molar-refractivity contribution in [3.63, 3.8) is 0 Å². The van der Waals surface area contributed by atoms with Crippen molar-refractivity contribution < 1.29 is 15.6 Å². The molecular formula is C19H22N4O3. The lowest BCUT2D eigenvalue weighted by molar-refractivity contribution is 0.209. The van der Waals surface area contributed by atoms with Crippen molar-refractivity contribution in [3.05, 3.63) is 35.0 Å². The minimum Gasteiger partial charge on any atom is -0.493 e. The van der Waals surface area contributed by atoms with Crippen LogP contribution in [0.3, 0.4) is 0 Å². The number of hydrogen-bond donors (Lipinski definition) is 2. The zero-order chi connectivity index (χ0) is 19.1. The highest BCUT2D eigenvalue weighted by Crippen LogP contribution is 2.48. The third kappa shape index (κ3) is 2.89. The van der Waals surface area contributed by atoms with Crippen LogP contribution in [-0.2, 0) is 6.42 Å². The molecule has 2 heterocycles. The summed E-state index contributed by atoms with van der Waals surface area (Å²) in [6.07, 6.45) is 8.34. The van der Waals surface area contributed by atoms with Crippen molar-refractivity contribution >= 4 is 17.8 Å². The summed E-state index contributed by atoms with van der Waals surface area (Å²) < 4.78 is 25.9. The standard InChI is InChI=1S/C19H22N4O3/c1-24-15-8-11(7-12-9-22-19(21)23-18(12)20)13-5-6-14(10-3-4-10)26-16(13)17(15)25-2/h5-6,8-10,14H,3-4,7H2,1-2H3,(H4,20,21,22,23)/i8D. The van der Waals surface area contributed by atoms with Crippen molar-refractivity contribution in [1.29, 1.82) is 0 Å². The Hall–Kier alpha value is -2.96. The molecule has 1 unspecified atom stereocenters. The van der Waals surface area contributed by atoms with Gasteiger partial charge < -0.3 is 25.7 Å². The highest BCUT2D eigenvalue weighted by atomic mass is 16.5. The molecule has 0 spiro atoms. The summed E-state index contributed by atoms with van der Waals surface area (Å²) in [5, 5.41) is 0. The van der Waals surface area contributed by atoms with Gasteiger partial charge in [0.2, 0.25) is 11.7 Å². The van der Waals surface area contributed by atoms with Crippen LogP contribution < -0.4 is 25.7 Å². The van der Waals surface area contributed by atoms with E-state index in [4.69, 9.17) is 27.0 Å². The molecule has 1 aliphatic carbocycles. The van der Waals surface area contributed by atoms with Crippen LogP contribution in [0.4, 0.5) is 11.8 Å². The van der Waals surface area contributed by atoms with Gasteiger partial charge in [0, 0.05) is 23.7 Å². The van der Waals surface area contributed by atoms with Gasteiger partial charge in [-0.2, -0.15) is 4.98 Å². The van der Waals surface area contributed by atoms with Gasteiger partial charge in [0.1, 0.15) is 11.9 Å². The summed E-state index contributed by atoms with van der Waals surface area (Å²) in [4.78, 5) is 8.03. The summed E-state index contributed by atoms with van der Waals surface area (Å²) in [7, 11) is 3.07. The number of aromatic nitrogens is 2. The van der Waals surface area contributed by atoms with Crippen LogP contribution in [-0.4, -0.2) is 30.3 Å². The first-order valence-corrected chi connectivity index (χ1v) is 8.52. The topological polar surface area (TPSA) is 106 Å². The fraction of sp³-hybridized carbons (Fsp3) is 0.368. The van der Waals surface area contributed by atoms with Gasteiger partial charge in [0.05, 0.1) is 15.6 Å². The number of rotatable bonds is 5. The number of ether oxygens (including phenoxy) is 3. The van der Waals surface area contributed by atoms with Crippen molar-refractivity contribution in [2.24, 2.45) is 5.92 Å². The highest BCUT2D eigenvalue weighted by Gasteiger charge is 2.35. The molecule has 4 N–H and O–H groups in total. The number of methoxy groups -OCH3 is 2. The monoisotopic (exact) mass is 355 g/mol. The zero-order valence-electron chi connectivity index (χ0n) is 15.8. The minimum atomic E-state index is 0.0190. The van der Waals surface area contributed by atoms with Crippen LogP contribution in [0, 0.1) is 5.92 Å². The van der Waals surface area contributed by atoms with Crippen LogP contribution in [0.5, 0.6) is 17.2 Å². The lowest BCUT2D eigenvalue weighted by Gasteiger charge is -2.26. The lowest BCUT2D eigenvalue weighted by atomic mass is 9.96. The van der Waals surface area contributed by atoms with Crippen molar-refractivity contribution in [1.82, 2.24) is 9.97 Å². The van der Waals surface area contributed by atoms with Gasteiger partial charge in [0.25, 0.3) is 0 Å². The summed E-state index contributed by atoms with van der Waals surface area (Å²) in [5.74, 6) is 2.33. The Balaban J connectivity index is 1.84. The predicted octanol–water partition coefficient (Wildman–Crippen LogP) is 2.43. The normalized spacial score (nSPS) is 18.7. The number of nitrogens with two attached hydrogens (primary N) is 2. The Labute approximate surface area is 153 Å². The van der Waals surface area contributed by atoms with E-state index in [2.05, 4.69) is 16.0 Å². The molecule has 4 rings (SSSR count). The molecule has 1 saturated carbocycles. The lowest BCUT2D eigenvalue weighted by Crippen LogP contribution is -2.20. The second kappa shape index (κ2) is 6.40. The molecule has 1 atom stereocenters. The van der Waals surface area contributed by atoms with Gasteiger partial charge in [-0.3, -0.25) is 0 Å². The van der Waals surface area contributed by atoms with Crippen LogP contribution in [0.25, 0.3) is 6.08 Å². The fourth-order valence-electron chi connectivity index (χ4n) is 3.19. The Bertz CT molecular complexity index is 928. The second-order valence-electron chi connectivity index (χ2n) is 6.51. The molecular weight excluding hydrogens is 332 g/mol. The van der Waals surface area contributed by atoms with Gasteiger partial charge in [-0.15, -0.1) is 0 Å². The summed E-state index contributed by atoms with van der Waals surface area (Å²) in [6, 6.07) is 0.224. The van der Waals surface area contributed by atoms with E-state index in [1.165, 1.54) is 7.11 Å². The molecule has 136 valence electrons. The third-order valence-electron chi connectivity index (χ3n) is 4.73. The average Bonchev–Trinajstić information content (AvgIpc) is 3.50. The predicted molar refractivity (Wildman–Crippen MR) is 99.4 cm³/mol. The molecule has 2 aromatic rings. The van der Waals surface area contributed by atoms with E-state index in [1.807, 2.05) is 6.08 Å². The van der Waals surface area contributed by atoms with Crippen molar-refractivity contribution in [2.45, 2.75) is 25.4 Å². The van der Waals surface area contributed by atoms with Gasteiger partial charge in [-0.25, -0.2) is 4.98 Å².